The van der Waals surface area contributed by atoms with Crippen molar-refractivity contribution in [2.24, 2.45) is 0 Å². The molecule has 0 saturated carbocycles. The first kappa shape index (κ1) is 39.5. The molecule has 0 unspecified atom stereocenters. The fourth-order valence-corrected chi connectivity index (χ4v) is 8.55. The monoisotopic (exact) mass is 644 g/mol. The van der Waals surface area contributed by atoms with Gasteiger partial charge < -0.3 is 24.8 Å². The van der Waals surface area contributed by atoms with E-state index in [-0.39, 0.29) is 61.1 Å². The standard InChI is InChI=1S/2C15H23P.2ClH.Pd/c2*1-13(2)16(14(3)4)12-8-11-15-9-6-5-7-10-15;;;/h2*5-11,13-14H,12H2,1-4H3;2*1H;/q;;;;+2/p-2. The third-order valence-corrected chi connectivity index (χ3v) is 12.1. The molecule has 0 fully saturated rings. The SMILES string of the molecule is CC(C)P(CC=Cc1ccccc1)C(C)C.CC(C)P(CC=Cc1ccccc1)C(C)C.[Cl-].[Cl-].[Pd+2]. The van der Waals surface area contributed by atoms with Gasteiger partial charge in [-0.2, -0.15) is 0 Å². The predicted octanol–water partition coefficient (Wildman–Crippen LogP) is 4.00. The quantitative estimate of drug-likeness (QED) is 0.271. The van der Waals surface area contributed by atoms with Crippen LogP contribution in [-0.4, -0.2) is 35.0 Å². The maximum Gasteiger partial charge on any atom is 2.00 e. The second-order valence-corrected chi connectivity index (χ2v) is 16.3. The van der Waals surface area contributed by atoms with Crippen molar-refractivity contribution in [2.45, 2.75) is 78.0 Å². The molecule has 2 rings (SSSR count). The summed E-state index contributed by atoms with van der Waals surface area (Å²) in [5.41, 5.74) is 5.94. The van der Waals surface area contributed by atoms with Gasteiger partial charge in [0.25, 0.3) is 0 Å². The van der Waals surface area contributed by atoms with Gasteiger partial charge in [-0.05, 0) is 46.1 Å². The Morgan fingerprint density at radius 3 is 1.00 bits per heavy atom. The zero-order chi connectivity index (χ0) is 23.9. The molecular weight excluding hydrogens is 600 g/mol. The minimum atomic E-state index is 0. The van der Waals surface area contributed by atoms with Crippen molar-refractivity contribution in [3.8, 4) is 0 Å². The molecule has 0 aromatic heterocycles. The number of benzene rings is 2. The Kier molecular flexibility index (Phi) is 26.2. The van der Waals surface area contributed by atoms with Gasteiger partial charge in [0.05, 0.1) is 0 Å². The van der Waals surface area contributed by atoms with Gasteiger partial charge >= 0.3 is 20.4 Å². The molecule has 0 atom stereocenters. The van der Waals surface area contributed by atoms with Crippen molar-refractivity contribution < 1.29 is 45.2 Å². The van der Waals surface area contributed by atoms with E-state index in [9.17, 15) is 0 Å². The Balaban J connectivity index is -0.000000539. The van der Waals surface area contributed by atoms with Crippen molar-refractivity contribution in [3.05, 3.63) is 83.9 Å². The molecule has 200 valence electrons. The largest absolute Gasteiger partial charge is 2.00 e. The van der Waals surface area contributed by atoms with Crippen LogP contribution in [-0.2, 0) is 20.4 Å². The summed E-state index contributed by atoms with van der Waals surface area (Å²) in [6.07, 6.45) is 11.7. The topological polar surface area (TPSA) is 0 Å². The molecule has 0 aliphatic carbocycles. The van der Waals surface area contributed by atoms with Gasteiger partial charge in [-0.3, -0.25) is 0 Å². The molecule has 0 spiro atoms. The minimum Gasteiger partial charge on any atom is -1.00 e. The van der Waals surface area contributed by atoms with Crippen LogP contribution in [0.2, 0.25) is 0 Å². The first-order valence-electron chi connectivity index (χ1n) is 12.2. The summed E-state index contributed by atoms with van der Waals surface area (Å²) in [4.78, 5) is 0. The fraction of sp³-hybridized carbons (Fsp3) is 0.467. The molecule has 5 heteroatoms. The second-order valence-electron chi connectivity index (χ2n) is 9.39. The molecule has 0 N–H and O–H groups in total. The molecule has 35 heavy (non-hydrogen) atoms. The van der Waals surface area contributed by atoms with Crippen LogP contribution in [0.25, 0.3) is 12.2 Å². The predicted molar refractivity (Wildman–Crippen MR) is 155 cm³/mol. The zero-order valence-corrected chi connectivity index (χ0v) is 27.6. The van der Waals surface area contributed by atoms with E-state index in [2.05, 4.69) is 140 Å². The molecule has 0 aliphatic heterocycles. The van der Waals surface area contributed by atoms with E-state index in [1.165, 1.54) is 23.5 Å². The van der Waals surface area contributed by atoms with E-state index < -0.39 is 0 Å². The van der Waals surface area contributed by atoms with E-state index in [4.69, 9.17) is 0 Å². The third kappa shape index (κ3) is 18.0. The van der Waals surface area contributed by atoms with Gasteiger partial charge in [0.2, 0.25) is 0 Å². The first-order chi connectivity index (χ1) is 15.2. The molecule has 0 bridgehead atoms. The van der Waals surface area contributed by atoms with E-state index >= 15 is 0 Å². The van der Waals surface area contributed by atoms with Gasteiger partial charge in [-0.15, -0.1) is 0 Å². The average Bonchev–Trinajstić information content (AvgIpc) is 2.75. The minimum absolute atomic E-state index is 0. The Morgan fingerprint density at radius 2 is 0.771 bits per heavy atom. The normalized spacial score (nSPS) is 11.1. The summed E-state index contributed by atoms with van der Waals surface area (Å²) in [6, 6.07) is 21.1. The maximum atomic E-state index is 2.35. The van der Waals surface area contributed by atoms with Crippen LogP contribution in [0.5, 0.6) is 0 Å². The summed E-state index contributed by atoms with van der Waals surface area (Å²) < 4.78 is 0. The number of halogens is 2. The second kappa shape index (κ2) is 23.2. The Hall–Kier alpha value is 0.0223. The molecular formula is C30H46Cl2P2Pd. The van der Waals surface area contributed by atoms with Crippen LogP contribution in [0, 0.1) is 0 Å². The van der Waals surface area contributed by atoms with Crippen molar-refractivity contribution in [1.82, 2.24) is 0 Å². The van der Waals surface area contributed by atoms with Crippen LogP contribution in [0.15, 0.2) is 72.8 Å². The van der Waals surface area contributed by atoms with Crippen molar-refractivity contribution in [2.75, 3.05) is 12.3 Å². The number of rotatable bonds is 10. The number of allylic oxidation sites excluding steroid dienone is 2. The molecule has 0 amide bonds. The summed E-state index contributed by atoms with van der Waals surface area (Å²) in [5, 5.41) is 0. The fourth-order valence-electron chi connectivity index (χ4n) is 3.79. The average molecular weight is 646 g/mol. The summed E-state index contributed by atoms with van der Waals surface area (Å²) in [6.45, 7) is 18.8. The van der Waals surface area contributed by atoms with Crippen molar-refractivity contribution in [3.63, 3.8) is 0 Å². The van der Waals surface area contributed by atoms with Gasteiger partial charge in [0.1, 0.15) is 0 Å². The van der Waals surface area contributed by atoms with Crippen LogP contribution in [0.1, 0.15) is 66.5 Å². The summed E-state index contributed by atoms with van der Waals surface area (Å²) in [7, 11) is 0.277. The van der Waals surface area contributed by atoms with Crippen molar-refractivity contribution >= 4 is 28.0 Å². The molecule has 2 aromatic carbocycles. The Bertz CT molecular complexity index is 692. The molecule has 0 radical (unpaired) electrons. The zero-order valence-electron chi connectivity index (χ0n) is 22.8. The summed E-state index contributed by atoms with van der Waals surface area (Å²) >= 11 is 0. The van der Waals surface area contributed by atoms with Gasteiger partial charge in [0.15, 0.2) is 0 Å². The van der Waals surface area contributed by atoms with Gasteiger partial charge in [-0.1, -0.05) is 156 Å². The number of hydrogen-bond acceptors (Lipinski definition) is 0. The first-order valence-corrected chi connectivity index (χ1v) is 15.5. The maximum absolute atomic E-state index is 2.35. The van der Waals surface area contributed by atoms with E-state index in [1.807, 2.05) is 0 Å². The van der Waals surface area contributed by atoms with Crippen LogP contribution >= 0.6 is 15.8 Å². The van der Waals surface area contributed by atoms with Gasteiger partial charge in [-0.25, -0.2) is 0 Å². The molecule has 2 aromatic rings. The number of hydrogen-bond donors (Lipinski definition) is 0. The molecule has 0 heterocycles. The van der Waals surface area contributed by atoms with Gasteiger partial charge in [0, 0.05) is 0 Å². The molecule has 0 nitrogen and oxygen atoms in total. The van der Waals surface area contributed by atoms with Crippen molar-refractivity contribution in [1.29, 1.82) is 0 Å². The Morgan fingerprint density at radius 1 is 0.514 bits per heavy atom. The van der Waals surface area contributed by atoms with E-state index in [0.29, 0.717) is 0 Å². The Labute approximate surface area is 246 Å². The van der Waals surface area contributed by atoms with Crippen LogP contribution in [0.4, 0.5) is 0 Å². The van der Waals surface area contributed by atoms with Crippen LogP contribution < -0.4 is 24.8 Å². The summed E-state index contributed by atoms with van der Waals surface area (Å²) in [5.74, 6) is 0. The molecule has 0 saturated heterocycles. The van der Waals surface area contributed by atoms with Crippen LogP contribution in [0.3, 0.4) is 0 Å². The molecule has 0 aliphatic rings. The third-order valence-electron chi connectivity index (χ3n) is 5.51. The smallest absolute Gasteiger partial charge is 1.00 e. The van der Waals surface area contributed by atoms with E-state index in [0.717, 1.165) is 22.6 Å². The van der Waals surface area contributed by atoms with E-state index in [1.54, 1.807) is 0 Å².